The van der Waals surface area contributed by atoms with Crippen molar-refractivity contribution in [1.29, 1.82) is 0 Å². The number of para-hydroxylation sites is 1. The molecule has 2 N–H and O–H groups in total. The standard InChI is InChI=1S/C9H11NO/c1-2-5-8-6-3-4-7-9(8)11-10/h2-7H,10H2,1H3/b5-2+. The summed E-state index contributed by atoms with van der Waals surface area (Å²) in [5, 5.41) is 0. The van der Waals surface area contributed by atoms with E-state index in [1.54, 1.807) is 0 Å². The number of hydrogen-bond acceptors (Lipinski definition) is 2. The van der Waals surface area contributed by atoms with Gasteiger partial charge in [-0.15, -0.1) is 0 Å². The Bertz CT molecular complexity index is 255. The molecule has 0 amide bonds. The first-order chi connectivity index (χ1) is 5.38. The van der Waals surface area contributed by atoms with Crippen molar-refractivity contribution in [3.05, 3.63) is 35.9 Å². The largest absolute Gasteiger partial charge is 0.411 e. The first-order valence-electron chi connectivity index (χ1n) is 3.47. The lowest BCUT2D eigenvalue weighted by Crippen LogP contribution is -2.02. The quantitative estimate of drug-likeness (QED) is 0.652. The molecule has 0 atom stereocenters. The van der Waals surface area contributed by atoms with Gasteiger partial charge >= 0.3 is 0 Å². The molecular formula is C9H11NO. The van der Waals surface area contributed by atoms with Crippen LogP contribution in [0.4, 0.5) is 0 Å². The van der Waals surface area contributed by atoms with E-state index in [2.05, 4.69) is 4.84 Å². The number of nitrogens with two attached hydrogens (primary N) is 1. The van der Waals surface area contributed by atoms with E-state index in [9.17, 15) is 0 Å². The topological polar surface area (TPSA) is 35.2 Å². The van der Waals surface area contributed by atoms with Gasteiger partial charge in [0.2, 0.25) is 0 Å². The fourth-order valence-corrected chi connectivity index (χ4v) is 0.905. The summed E-state index contributed by atoms with van der Waals surface area (Å²) in [5.74, 6) is 5.75. The lowest BCUT2D eigenvalue weighted by atomic mass is 10.2. The molecule has 0 aromatic heterocycles. The van der Waals surface area contributed by atoms with E-state index < -0.39 is 0 Å². The molecule has 0 saturated carbocycles. The van der Waals surface area contributed by atoms with Crippen LogP contribution in [0.3, 0.4) is 0 Å². The Kier molecular flexibility index (Phi) is 2.69. The van der Waals surface area contributed by atoms with Crippen LogP contribution in [0.1, 0.15) is 12.5 Å². The van der Waals surface area contributed by atoms with Crippen molar-refractivity contribution in [3.63, 3.8) is 0 Å². The molecule has 0 radical (unpaired) electrons. The van der Waals surface area contributed by atoms with Gasteiger partial charge in [-0.1, -0.05) is 30.4 Å². The third-order valence-corrected chi connectivity index (χ3v) is 1.39. The highest BCUT2D eigenvalue weighted by Crippen LogP contribution is 2.17. The predicted molar refractivity (Wildman–Crippen MR) is 46.0 cm³/mol. The minimum atomic E-state index is 0.700. The molecule has 2 heteroatoms. The molecule has 0 spiro atoms. The molecule has 0 fully saturated rings. The molecule has 11 heavy (non-hydrogen) atoms. The van der Waals surface area contributed by atoms with Crippen LogP contribution < -0.4 is 10.7 Å². The lowest BCUT2D eigenvalue weighted by molar-refractivity contribution is 0.334. The second-order valence-corrected chi connectivity index (χ2v) is 2.16. The molecule has 58 valence electrons. The van der Waals surface area contributed by atoms with Crippen LogP contribution in [0.5, 0.6) is 5.75 Å². The maximum atomic E-state index is 5.05. The fourth-order valence-electron chi connectivity index (χ4n) is 0.905. The summed E-state index contributed by atoms with van der Waals surface area (Å²) in [7, 11) is 0. The van der Waals surface area contributed by atoms with Crippen molar-refractivity contribution in [2.75, 3.05) is 0 Å². The highest BCUT2D eigenvalue weighted by Gasteiger charge is 1.95. The summed E-state index contributed by atoms with van der Waals surface area (Å²) < 4.78 is 0. The van der Waals surface area contributed by atoms with E-state index in [-0.39, 0.29) is 0 Å². The normalized spacial score (nSPS) is 10.4. The second-order valence-electron chi connectivity index (χ2n) is 2.16. The van der Waals surface area contributed by atoms with Crippen molar-refractivity contribution < 1.29 is 4.84 Å². The molecule has 1 aromatic rings. The number of rotatable bonds is 2. The van der Waals surface area contributed by atoms with Crippen LogP contribution in [-0.4, -0.2) is 0 Å². The van der Waals surface area contributed by atoms with Gasteiger partial charge in [0.05, 0.1) is 0 Å². The highest BCUT2D eigenvalue weighted by molar-refractivity contribution is 5.56. The van der Waals surface area contributed by atoms with Crippen molar-refractivity contribution in [1.82, 2.24) is 0 Å². The molecule has 0 aliphatic heterocycles. The lowest BCUT2D eigenvalue weighted by Gasteiger charge is -2.01. The van der Waals surface area contributed by atoms with Gasteiger partial charge in [0.1, 0.15) is 0 Å². The Labute approximate surface area is 66.2 Å². The van der Waals surface area contributed by atoms with Gasteiger partial charge in [-0.05, 0) is 13.0 Å². The third kappa shape index (κ3) is 1.82. The molecule has 2 nitrogen and oxygen atoms in total. The summed E-state index contributed by atoms with van der Waals surface area (Å²) in [6, 6.07) is 7.60. The van der Waals surface area contributed by atoms with E-state index in [1.165, 1.54) is 0 Å². The average molecular weight is 149 g/mol. The van der Waals surface area contributed by atoms with Crippen molar-refractivity contribution in [3.8, 4) is 5.75 Å². The molecule has 0 saturated heterocycles. The van der Waals surface area contributed by atoms with E-state index in [0.29, 0.717) is 5.75 Å². The summed E-state index contributed by atoms with van der Waals surface area (Å²) in [6.45, 7) is 1.95. The maximum absolute atomic E-state index is 5.05. The monoisotopic (exact) mass is 149 g/mol. The van der Waals surface area contributed by atoms with Crippen LogP contribution in [0.2, 0.25) is 0 Å². The van der Waals surface area contributed by atoms with Crippen LogP contribution in [0, 0.1) is 0 Å². The predicted octanol–water partition coefficient (Wildman–Crippen LogP) is 1.97. The first-order valence-corrected chi connectivity index (χ1v) is 3.47. The molecule has 0 bridgehead atoms. The molecule has 0 heterocycles. The molecule has 1 aromatic carbocycles. The SMILES string of the molecule is C/C=C/c1ccccc1ON. The van der Waals surface area contributed by atoms with Gasteiger partial charge in [0.15, 0.2) is 5.75 Å². The van der Waals surface area contributed by atoms with E-state index in [1.807, 2.05) is 43.3 Å². The van der Waals surface area contributed by atoms with Gasteiger partial charge < -0.3 is 4.84 Å². The van der Waals surface area contributed by atoms with E-state index in [0.717, 1.165) is 5.56 Å². The summed E-state index contributed by atoms with van der Waals surface area (Å²) >= 11 is 0. The van der Waals surface area contributed by atoms with Crippen molar-refractivity contribution in [2.45, 2.75) is 6.92 Å². The van der Waals surface area contributed by atoms with E-state index >= 15 is 0 Å². The Morgan fingerprint density at radius 3 is 2.73 bits per heavy atom. The Balaban J connectivity index is 3.02. The van der Waals surface area contributed by atoms with Crippen molar-refractivity contribution in [2.24, 2.45) is 5.90 Å². The Hall–Kier alpha value is -1.28. The van der Waals surface area contributed by atoms with Gasteiger partial charge in [0.25, 0.3) is 0 Å². The smallest absolute Gasteiger partial charge is 0.154 e. The zero-order chi connectivity index (χ0) is 8.10. The van der Waals surface area contributed by atoms with Crippen LogP contribution >= 0.6 is 0 Å². The minimum absolute atomic E-state index is 0.700. The van der Waals surface area contributed by atoms with Gasteiger partial charge in [-0.2, -0.15) is 5.90 Å². The number of allylic oxidation sites excluding steroid dienone is 1. The molecular weight excluding hydrogens is 138 g/mol. The van der Waals surface area contributed by atoms with E-state index in [4.69, 9.17) is 5.90 Å². The summed E-state index contributed by atoms with van der Waals surface area (Å²) in [6.07, 6.45) is 3.89. The first kappa shape index (κ1) is 7.82. The summed E-state index contributed by atoms with van der Waals surface area (Å²) in [4.78, 5) is 4.65. The average Bonchev–Trinajstić information content (AvgIpc) is 2.06. The number of hydrogen-bond donors (Lipinski definition) is 1. The van der Waals surface area contributed by atoms with Crippen LogP contribution in [-0.2, 0) is 0 Å². The number of benzene rings is 1. The summed E-state index contributed by atoms with van der Waals surface area (Å²) in [5.41, 5.74) is 0.998. The second kappa shape index (κ2) is 3.78. The molecule has 0 aliphatic carbocycles. The minimum Gasteiger partial charge on any atom is -0.411 e. The zero-order valence-electron chi connectivity index (χ0n) is 6.45. The maximum Gasteiger partial charge on any atom is 0.154 e. The van der Waals surface area contributed by atoms with Gasteiger partial charge in [0, 0.05) is 5.56 Å². The highest BCUT2D eigenvalue weighted by atomic mass is 16.6. The molecule has 0 unspecified atom stereocenters. The molecule has 1 rings (SSSR count). The van der Waals surface area contributed by atoms with Crippen molar-refractivity contribution >= 4 is 6.08 Å². The van der Waals surface area contributed by atoms with Crippen LogP contribution in [0.25, 0.3) is 6.08 Å². The molecule has 0 aliphatic rings. The zero-order valence-corrected chi connectivity index (χ0v) is 6.45. The third-order valence-electron chi connectivity index (χ3n) is 1.39. The van der Waals surface area contributed by atoms with Gasteiger partial charge in [-0.3, -0.25) is 0 Å². The van der Waals surface area contributed by atoms with Crippen LogP contribution in [0.15, 0.2) is 30.3 Å². The Morgan fingerprint density at radius 2 is 2.09 bits per heavy atom. The Morgan fingerprint density at radius 1 is 1.36 bits per heavy atom. The fraction of sp³-hybridized carbons (Fsp3) is 0.111. The van der Waals surface area contributed by atoms with Gasteiger partial charge in [-0.25, -0.2) is 0 Å².